The maximum atomic E-state index is 13.8. The molecule has 1 spiro atoms. The number of hydrogen-bond donors (Lipinski definition) is 6. The molecule has 7 atom stereocenters. The molecule has 5 aliphatic rings. The molecule has 1 saturated carbocycles. The number of rotatable bonds is 14. The van der Waals surface area contributed by atoms with E-state index in [1.54, 1.807) is 0 Å². The number of nitrogens with zero attached hydrogens (tertiary/aromatic N) is 1. The van der Waals surface area contributed by atoms with Gasteiger partial charge in [0.05, 0.1) is 23.8 Å². The van der Waals surface area contributed by atoms with Gasteiger partial charge in [-0.3, -0.25) is 14.7 Å². The van der Waals surface area contributed by atoms with Crippen molar-refractivity contribution in [2.45, 2.75) is 134 Å². The van der Waals surface area contributed by atoms with Crippen LogP contribution >= 0.6 is 0 Å². The molecule has 0 radical (unpaired) electrons. The summed E-state index contributed by atoms with van der Waals surface area (Å²) >= 11 is 0. The highest BCUT2D eigenvalue weighted by Gasteiger charge is 2.51. The van der Waals surface area contributed by atoms with Gasteiger partial charge in [0.25, 0.3) is 6.23 Å². The molecule has 2 bridgehead atoms. The Kier molecular flexibility index (Phi) is 13.0. The standard InChI is InChI=1S/C47H58N4O6/c1-3-5-6-10-36(42(55)26-34(52)9-4-2)41(54)16-11-30-12-18-43-44(23-30)57-46-38(47(21-22-56-43)19-7-8-20-47)15-17-40(53)35-14-13-31(45(48)49)24-32(35)25-33-27-50-39-29-51(46)28-37(33)39/h12-14,18,23-24,27,29,34,36,38,40,42,45-46,52-53,55H,3-11,16,19-20,25-26,28,48-49H2,1-2H3/p+1. The molecule has 2 aromatic rings. The van der Waals surface area contributed by atoms with Gasteiger partial charge in [0.2, 0.25) is 0 Å². The molecule has 0 saturated heterocycles. The first-order valence-corrected chi connectivity index (χ1v) is 21.1. The number of aryl methyl sites for hydroxylation is 1. The summed E-state index contributed by atoms with van der Waals surface area (Å²) in [5.41, 5.74) is 18.1. The monoisotopic (exact) mass is 775 g/mol. The van der Waals surface area contributed by atoms with Crippen LogP contribution in [0.15, 0.2) is 64.4 Å². The van der Waals surface area contributed by atoms with Crippen molar-refractivity contribution in [3.63, 3.8) is 0 Å². The summed E-state index contributed by atoms with van der Waals surface area (Å²) in [6.45, 7) is 4.77. The van der Waals surface area contributed by atoms with Gasteiger partial charge < -0.3 is 36.3 Å². The molecule has 7 unspecified atom stereocenters. The largest absolute Gasteiger partial charge is 0.437 e. The van der Waals surface area contributed by atoms with Gasteiger partial charge in [-0.15, -0.1) is 0 Å². The number of allylic oxidation sites excluding steroid dienone is 1. The number of nitrogens with one attached hydrogen (secondary N) is 1. The number of ketones is 1. The highest BCUT2D eigenvalue weighted by Crippen LogP contribution is 2.47. The predicted molar refractivity (Wildman–Crippen MR) is 220 cm³/mol. The fourth-order valence-electron chi connectivity index (χ4n) is 9.38. The van der Waals surface area contributed by atoms with E-state index >= 15 is 0 Å². The van der Waals surface area contributed by atoms with Crippen LogP contribution in [0.2, 0.25) is 0 Å². The molecule has 0 amide bonds. The number of aliphatic hydroxyl groups excluding tert-OH is 3. The first-order valence-electron chi connectivity index (χ1n) is 21.1. The van der Waals surface area contributed by atoms with E-state index in [1.165, 1.54) is 0 Å². The highest BCUT2D eigenvalue weighted by molar-refractivity contribution is 5.87. The Hall–Kier alpha value is -4.26. The molecule has 2 aromatic carbocycles. The lowest BCUT2D eigenvalue weighted by Gasteiger charge is -2.36. The lowest BCUT2D eigenvalue weighted by atomic mass is 9.73. The van der Waals surface area contributed by atoms with Gasteiger partial charge in [-0.1, -0.05) is 94.4 Å². The lowest BCUT2D eigenvalue weighted by molar-refractivity contribution is -0.891. The van der Waals surface area contributed by atoms with E-state index in [-0.39, 0.29) is 18.6 Å². The summed E-state index contributed by atoms with van der Waals surface area (Å²) in [5.74, 6) is 10.4. The SMILES string of the molecule is CCCCCC(C(=O)CCc1ccc2c(c1)OC1C(C#CC(O)c3ccc(C(N)N)cc3CC3=C4C[NH+]1C=C4N=C3)C1(C#CO2)CCCC1)C(O)CC(O)CCC. The normalized spacial score (nSPS) is 24.3. The Labute approximate surface area is 337 Å². The molecular formula is C47H59N4O6+. The number of ether oxygens (including phenoxy) is 2. The number of hydrogen-bond acceptors (Lipinski definition) is 9. The summed E-state index contributed by atoms with van der Waals surface area (Å²) in [6.07, 6.45) is 13.4. The van der Waals surface area contributed by atoms with Crippen molar-refractivity contribution in [2.75, 3.05) is 6.54 Å². The second-order valence-corrected chi connectivity index (χ2v) is 16.7. The van der Waals surface area contributed by atoms with Gasteiger partial charge >= 0.3 is 0 Å². The van der Waals surface area contributed by atoms with Crippen LogP contribution in [0.1, 0.15) is 125 Å². The lowest BCUT2D eigenvalue weighted by Crippen LogP contribution is -3.12. The fourth-order valence-corrected chi connectivity index (χ4v) is 9.38. The van der Waals surface area contributed by atoms with Crippen molar-refractivity contribution in [1.82, 2.24) is 0 Å². The maximum absolute atomic E-state index is 13.8. The molecule has 302 valence electrons. The van der Waals surface area contributed by atoms with Crippen LogP contribution in [-0.4, -0.2) is 52.3 Å². The van der Waals surface area contributed by atoms with E-state index < -0.39 is 48.0 Å². The van der Waals surface area contributed by atoms with Gasteiger partial charge in [0, 0.05) is 24.1 Å². The number of aliphatic hydroxyl groups is 3. The van der Waals surface area contributed by atoms with Crippen LogP contribution in [0, 0.1) is 41.1 Å². The average molecular weight is 776 g/mol. The maximum Gasteiger partial charge on any atom is 0.252 e. The quantitative estimate of drug-likeness (QED) is 0.0900. The topological polar surface area (TPSA) is 165 Å². The third-order valence-corrected chi connectivity index (χ3v) is 12.6. The number of carbonyl (C=O) groups excluding carboxylic acids is 1. The molecule has 1 aliphatic carbocycles. The first kappa shape index (κ1) is 40.9. The molecule has 7 rings (SSSR count). The van der Waals surface area contributed by atoms with Crippen molar-refractivity contribution < 1.29 is 34.5 Å². The Morgan fingerprint density at radius 3 is 2.63 bits per heavy atom. The minimum Gasteiger partial charge on any atom is -0.437 e. The van der Waals surface area contributed by atoms with Crippen LogP contribution in [0.5, 0.6) is 11.5 Å². The highest BCUT2D eigenvalue weighted by atomic mass is 16.5. The number of quaternary nitrogens is 1. The zero-order valence-electron chi connectivity index (χ0n) is 33.4. The molecular weight excluding hydrogens is 717 g/mol. The zero-order chi connectivity index (χ0) is 40.1. The number of fused-ring (bicyclic) bond motifs is 6. The van der Waals surface area contributed by atoms with Crippen molar-refractivity contribution in [3.8, 4) is 35.4 Å². The molecule has 8 N–H and O–H groups in total. The molecule has 57 heavy (non-hydrogen) atoms. The van der Waals surface area contributed by atoms with Crippen molar-refractivity contribution in [3.05, 3.63) is 81.7 Å². The molecule has 1 fully saturated rings. The van der Waals surface area contributed by atoms with Gasteiger partial charge in [-0.2, -0.15) is 0 Å². The second-order valence-electron chi connectivity index (χ2n) is 16.7. The summed E-state index contributed by atoms with van der Waals surface area (Å²) in [4.78, 5) is 19.6. The van der Waals surface area contributed by atoms with E-state index in [4.69, 9.17) is 25.9 Å². The van der Waals surface area contributed by atoms with Gasteiger partial charge in [-0.25, -0.2) is 0 Å². The number of benzene rings is 2. The minimum absolute atomic E-state index is 0.0123. The van der Waals surface area contributed by atoms with Crippen molar-refractivity contribution in [2.24, 2.45) is 33.7 Å². The number of nitrogens with two attached hydrogens (primary N) is 2. The molecule has 4 aliphatic heterocycles. The van der Waals surface area contributed by atoms with Crippen LogP contribution in [0.3, 0.4) is 0 Å². The number of Topliss-reactive ketones (excluding diaryl/α,β-unsaturated/α-hetero) is 1. The van der Waals surface area contributed by atoms with E-state index in [1.807, 2.05) is 49.5 Å². The predicted octanol–water partition coefficient (Wildman–Crippen LogP) is 4.86. The average Bonchev–Trinajstić information content (AvgIpc) is 3.94. The van der Waals surface area contributed by atoms with E-state index in [0.29, 0.717) is 49.3 Å². The molecule has 10 nitrogen and oxygen atoms in total. The number of aliphatic imine (C=N–C) groups is 1. The summed E-state index contributed by atoms with van der Waals surface area (Å²) in [6, 6.07) is 11.5. The zero-order valence-corrected chi connectivity index (χ0v) is 33.4. The Morgan fingerprint density at radius 1 is 1.04 bits per heavy atom. The van der Waals surface area contributed by atoms with Gasteiger partial charge in [-0.05, 0) is 84.9 Å². The second kappa shape index (κ2) is 18.1. The fraction of sp³-hybridized carbons (Fsp3) is 0.532. The first-order chi connectivity index (χ1) is 27.6. The van der Waals surface area contributed by atoms with E-state index in [2.05, 4.69) is 37.0 Å². The van der Waals surface area contributed by atoms with E-state index in [9.17, 15) is 20.1 Å². The molecule has 4 heterocycles. The summed E-state index contributed by atoms with van der Waals surface area (Å²) in [5, 5.41) is 33.3. The van der Waals surface area contributed by atoms with Crippen LogP contribution in [-0.2, 0) is 17.6 Å². The minimum atomic E-state index is -1.06. The summed E-state index contributed by atoms with van der Waals surface area (Å²) < 4.78 is 13.3. The van der Waals surface area contributed by atoms with Crippen molar-refractivity contribution >= 4 is 12.0 Å². The van der Waals surface area contributed by atoms with Crippen LogP contribution in [0.4, 0.5) is 0 Å². The Balaban J connectivity index is 1.21. The van der Waals surface area contributed by atoms with Gasteiger partial charge in [0.15, 0.2) is 11.5 Å². The molecule has 10 heteroatoms. The van der Waals surface area contributed by atoms with E-state index in [0.717, 1.165) is 89.8 Å². The molecule has 0 aromatic heterocycles. The smallest absolute Gasteiger partial charge is 0.252 e. The Morgan fingerprint density at radius 2 is 1.86 bits per heavy atom. The summed E-state index contributed by atoms with van der Waals surface area (Å²) in [7, 11) is 0. The third kappa shape index (κ3) is 9.08. The number of carbonyl (C=O) groups is 1. The van der Waals surface area contributed by atoms with Crippen LogP contribution < -0.4 is 25.8 Å². The van der Waals surface area contributed by atoms with Crippen LogP contribution in [0.25, 0.3) is 0 Å². The Bertz CT molecular complexity index is 2030. The van der Waals surface area contributed by atoms with Gasteiger partial charge in [0.1, 0.15) is 42.4 Å². The third-order valence-electron chi connectivity index (χ3n) is 12.6. The van der Waals surface area contributed by atoms with Crippen molar-refractivity contribution in [1.29, 1.82) is 0 Å². The number of unbranched alkanes of at least 4 members (excludes halogenated alkanes) is 2.